The van der Waals surface area contributed by atoms with Gasteiger partial charge in [0.15, 0.2) is 0 Å². The molecule has 0 unspecified atom stereocenters. The average Bonchev–Trinajstić information content (AvgIpc) is 2.99. The predicted octanol–water partition coefficient (Wildman–Crippen LogP) is 2.13. The summed E-state index contributed by atoms with van der Waals surface area (Å²) in [6.07, 6.45) is 0.237. The Morgan fingerprint density at radius 3 is 2.54 bits per heavy atom. The van der Waals surface area contributed by atoms with Crippen LogP contribution in [-0.4, -0.2) is 35.5 Å². The summed E-state index contributed by atoms with van der Waals surface area (Å²) in [4.78, 5) is 22.5. The largest absolute Gasteiger partial charge is 0.491 e. The van der Waals surface area contributed by atoms with Gasteiger partial charge in [0.1, 0.15) is 24.0 Å². The normalized spacial score (nSPS) is 18.5. The highest BCUT2D eigenvalue weighted by Gasteiger charge is 2.33. The van der Waals surface area contributed by atoms with E-state index in [0.29, 0.717) is 17.7 Å². The topological polar surface area (TPSA) is 126 Å². The van der Waals surface area contributed by atoms with Crippen LogP contribution >= 0.6 is 0 Å². The van der Waals surface area contributed by atoms with Crippen molar-refractivity contribution in [3.05, 3.63) is 53.8 Å². The van der Waals surface area contributed by atoms with E-state index in [2.05, 4.69) is 5.32 Å². The Labute approximate surface area is 160 Å². The fraction of sp³-hybridized carbons (Fsp3) is 0.250. The first-order chi connectivity index (χ1) is 13.3. The summed E-state index contributed by atoms with van der Waals surface area (Å²) in [5.41, 5.74) is 6.80. The first-order valence-corrected chi connectivity index (χ1v) is 8.73. The molecule has 0 bridgehead atoms. The standard InChI is InChI=1S/C20H20FN3O4/c21-17-8-12(3-6-16(17)19(22)23)11-1-4-15(5-2-11)28-10-14-7-13(9-18(25)26)20(27)24-14/h1-6,8,13-14H,7,9-10H2,(H3,22,23)(H,24,27)(H,25,26)/t13-,14-/m0/s1. The summed E-state index contributed by atoms with van der Waals surface area (Å²) in [6, 6.07) is 11.3. The fourth-order valence-electron chi connectivity index (χ4n) is 3.18. The Bertz CT molecular complexity index is 914. The number of carboxylic acids is 1. The van der Waals surface area contributed by atoms with Crippen molar-refractivity contribution >= 4 is 17.7 Å². The number of halogens is 1. The first kappa shape index (κ1) is 19.3. The third-order valence-electron chi connectivity index (χ3n) is 4.61. The van der Waals surface area contributed by atoms with Crippen LogP contribution < -0.4 is 15.8 Å². The maximum atomic E-state index is 14.0. The van der Waals surface area contributed by atoms with Crippen LogP contribution in [0.15, 0.2) is 42.5 Å². The molecule has 0 saturated carbocycles. The van der Waals surface area contributed by atoms with Crippen molar-refractivity contribution in [1.29, 1.82) is 5.41 Å². The second-order valence-corrected chi connectivity index (χ2v) is 6.68. The van der Waals surface area contributed by atoms with Gasteiger partial charge in [-0.15, -0.1) is 0 Å². The molecule has 0 aromatic heterocycles. The van der Waals surface area contributed by atoms with E-state index >= 15 is 0 Å². The van der Waals surface area contributed by atoms with Gasteiger partial charge in [0.25, 0.3) is 0 Å². The lowest BCUT2D eigenvalue weighted by atomic mass is 10.0. The van der Waals surface area contributed by atoms with Gasteiger partial charge >= 0.3 is 5.97 Å². The molecule has 28 heavy (non-hydrogen) atoms. The first-order valence-electron chi connectivity index (χ1n) is 8.73. The molecule has 0 radical (unpaired) electrons. The van der Waals surface area contributed by atoms with E-state index in [1.54, 1.807) is 30.3 Å². The number of nitrogen functional groups attached to an aromatic ring is 1. The lowest BCUT2D eigenvalue weighted by Gasteiger charge is -2.12. The third-order valence-corrected chi connectivity index (χ3v) is 4.61. The molecule has 5 N–H and O–H groups in total. The average molecular weight is 385 g/mol. The molecule has 1 saturated heterocycles. The second kappa shape index (κ2) is 8.08. The monoisotopic (exact) mass is 385 g/mol. The van der Waals surface area contributed by atoms with Gasteiger partial charge in [-0.1, -0.05) is 18.2 Å². The molecule has 8 heteroatoms. The number of carboxylic acid groups (broad SMARTS) is 1. The molecule has 7 nitrogen and oxygen atoms in total. The summed E-state index contributed by atoms with van der Waals surface area (Å²) in [6.45, 7) is 0.239. The van der Waals surface area contributed by atoms with E-state index in [1.165, 1.54) is 12.1 Å². The molecule has 146 valence electrons. The Hall–Kier alpha value is -3.42. The number of amides is 1. The summed E-state index contributed by atoms with van der Waals surface area (Å²) in [5.74, 6) is -2.08. The van der Waals surface area contributed by atoms with E-state index in [4.69, 9.17) is 21.0 Å². The highest BCUT2D eigenvalue weighted by molar-refractivity contribution is 5.95. The number of amidine groups is 1. The van der Waals surface area contributed by atoms with Gasteiger partial charge in [0, 0.05) is 0 Å². The number of aliphatic carboxylic acids is 1. The predicted molar refractivity (Wildman–Crippen MR) is 101 cm³/mol. The highest BCUT2D eigenvalue weighted by Crippen LogP contribution is 2.25. The van der Waals surface area contributed by atoms with Crippen LogP contribution in [0.1, 0.15) is 18.4 Å². The van der Waals surface area contributed by atoms with Crippen molar-refractivity contribution in [2.24, 2.45) is 11.7 Å². The van der Waals surface area contributed by atoms with Crippen molar-refractivity contribution in [3.8, 4) is 16.9 Å². The van der Waals surface area contributed by atoms with Gasteiger partial charge in [-0.2, -0.15) is 0 Å². The third kappa shape index (κ3) is 4.46. The quantitative estimate of drug-likeness (QED) is 0.429. The fourth-order valence-corrected chi connectivity index (χ4v) is 3.18. The molecule has 1 fully saturated rings. The summed E-state index contributed by atoms with van der Waals surface area (Å²) in [7, 11) is 0. The van der Waals surface area contributed by atoms with E-state index in [-0.39, 0.29) is 36.4 Å². The molecule has 1 heterocycles. The molecule has 2 atom stereocenters. The zero-order valence-electron chi connectivity index (χ0n) is 14.9. The smallest absolute Gasteiger partial charge is 0.304 e. The van der Waals surface area contributed by atoms with Crippen LogP contribution in [-0.2, 0) is 9.59 Å². The van der Waals surface area contributed by atoms with Crippen LogP contribution in [0.4, 0.5) is 4.39 Å². The number of carbonyl (C=O) groups is 2. The molecule has 2 aromatic carbocycles. The molecule has 0 aliphatic carbocycles. The number of ether oxygens (including phenoxy) is 1. The summed E-state index contributed by atoms with van der Waals surface area (Å²) < 4.78 is 19.7. The van der Waals surface area contributed by atoms with Gasteiger partial charge in [0.05, 0.1) is 23.9 Å². The van der Waals surface area contributed by atoms with E-state index < -0.39 is 17.7 Å². The SMILES string of the molecule is N=C(N)c1ccc(-c2ccc(OC[C@@H]3C[C@@H](CC(=O)O)C(=O)N3)cc2)cc1F. The molecule has 1 amide bonds. The zero-order valence-corrected chi connectivity index (χ0v) is 14.9. The minimum absolute atomic E-state index is 0.0588. The maximum absolute atomic E-state index is 14.0. The minimum atomic E-state index is -0.995. The number of carbonyl (C=O) groups excluding carboxylic acids is 1. The molecule has 3 rings (SSSR count). The number of hydrogen-bond donors (Lipinski definition) is 4. The van der Waals surface area contributed by atoms with Crippen LogP contribution in [0.5, 0.6) is 5.75 Å². The number of nitrogens with two attached hydrogens (primary N) is 1. The number of rotatable bonds is 7. The van der Waals surface area contributed by atoms with Crippen LogP contribution in [0.3, 0.4) is 0 Å². The van der Waals surface area contributed by atoms with Crippen LogP contribution in [0.2, 0.25) is 0 Å². The molecular weight excluding hydrogens is 365 g/mol. The zero-order chi connectivity index (χ0) is 20.3. The number of hydrogen-bond acceptors (Lipinski definition) is 4. The van der Waals surface area contributed by atoms with E-state index in [9.17, 15) is 14.0 Å². The van der Waals surface area contributed by atoms with Crippen LogP contribution in [0.25, 0.3) is 11.1 Å². The van der Waals surface area contributed by atoms with Gasteiger partial charge in [-0.25, -0.2) is 4.39 Å². The molecule has 1 aliphatic heterocycles. The molecule has 0 spiro atoms. The Balaban J connectivity index is 1.59. The Morgan fingerprint density at radius 2 is 1.93 bits per heavy atom. The Kier molecular flexibility index (Phi) is 5.58. The highest BCUT2D eigenvalue weighted by atomic mass is 19.1. The minimum Gasteiger partial charge on any atom is -0.491 e. The Morgan fingerprint density at radius 1 is 1.25 bits per heavy atom. The summed E-state index contributed by atoms with van der Waals surface area (Å²) in [5, 5.41) is 18.9. The van der Waals surface area contributed by atoms with Gasteiger partial charge in [-0.05, 0) is 41.8 Å². The van der Waals surface area contributed by atoms with Crippen molar-refractivity contribution < 1.29 is 23.8 Å². The van der Waals surface area contributed by atoms with E-state index in [1.807, 2.05) is 0 Å². The maximum Gasteiger partial charge on any atom is 0.304 e. The van der Waals surface area contributed by atoms with Crippen molar-refractivity contribution in [3.63, 3.8) is 0 Å². The van der Waals surface area contributed by atoms with Crippen molar-refractivity contribution in [1.82, 2.24) is 5.32 Å². The molecule has 2 aromatic rings. The van der Waals surface area contributed by atoms with Gasteiger partial charge in [-0.3, -0.25) is 15.0 Å². The number of nitrogens with one attached hydrogen (secondary N) is 2. The van der Waals surface area contributed by atoms with Gasteiger partial charge < -0.3 is 20.9 Å². The van der Waals surface area contributed by atoms with E-state index in [0.717, 1.165) is 5.56 Å². The van der Waals surface area contributed by atoms with Gasteiger partial charge in [0.2, 0.25) is 5.91 Å². The second-order valence-electron chi connectivity index (χ2n) is 6.68. The van der Waals surface area contributed by atoms with Crippen molar-refractivity contribution in [2.45, 2.75) is 18.9 Å². The van der Waals surface area contributed by atoms with Crippen LogP contribution in [0, 0.1) is 17.1 Å². The summed E-state index contributed by atoms with van der Waals surface area (Å²) >= 11 is 0. The lowest BCUT2D eigenvalue weighted by Crippen LogP contribution is -2.31. The molecular formula is C20H20FN3O4. The van der Waals surface area contributed by atoms with Crippen molar-refractivity contribution in [2.75, 3.05) is 6.61 Å². The lowest BCUT2D eigenvalue weighted by molar-refractivity contribution is -0.140. The number of benzene rings is 2. The molecule has 1 aliphatic rings.